The van der Waals surface area contributed by atoms with Gasteiger partial charge in [-0.15, -0.1) is 0 Å². The molecule has 0 aliphatic heterocycles. The molecule has 0 saturated carbocycles. The molecule has 2 rings (SSSR count). The highest BCUT2D eigenvalue weighted by atomic mass is 16.3. The second-order valence-electron chi connectivity index (χ2n) is 3.31. The van der Waals surface area contributed by atoms with Crippen LogP contribution < -0.4 is 0 Å². The molecule has 0 spiro atoms. The van der Waals surface area contributed by atoms with Crippen LogP contribution in [0.1, 0.15) is 31.4 Å². The maximum Gasteiger partial charge on any atom is 0.0902 e. The van der Waals surface area contributed by atoms with Crippen molar-refractivity contribution in [1.29, 1.82) is 0 Å². The summed E-state index contributed by atoms with van der Waals surface area (Å²) in [5, 5.41) is 14.0. The lowest BCUT2D eigenvalue weighted by atomic mass is 10.1. The average Bonchev–Trinajstić information content (AvgIpc) is 2.61. The molecule has 0 saturated heterocycles. The number of aromatic nitrogens is 3. The number of rotatable bonds is 3. The zero-order chi connectivity index (χ0) is 9.97. The molecule has 0 amide bonds. The fraction of sp³-hybridized carbons (Fsp3) is 0.400. The average molecular weight is 191 g/mol. The maximum atomic E-state index is 9.83. The molecule has 2 aromatic rings. The van der Waals surface area contributed by atoms with Crippen LogP contribution >= 0.6 is 0 Å². The van der Waals surface area contributed by atoms with Gasteiger partial charge in [-0.25, -0.2) is 4.52 Å². The van der Waals surface area contributed by atoms with Crippen molar-refractivity contribution in [3.05, 3.63) is 30.4 Å². The first-order valence-electron chi connectivity index (χ1n) is 4.78. The molecule has 4 nitrogen and oxygen atoms in total. The van der Waals surface area contributed by atoms with Crippen molar-refractivity contribution in [3.8, 4) is 0 Å². The highest BCUT2D eigenvalue weighted by molar-refractivity contribution is 5.52. The van der Waals surface area contributed by atoms with Crippen LogP contribution in [-0.4, -0.2) is 19.7 Å². The van der Waals surface area contributed by atoms with E-state index >= 15 is 0 Å². The third-order valence-corrected chi connectivity index (χ3v) is 2.28. The Balaban J connectivity index is 2.42. The summed E-state index contributed by atoms with van der Waals surface area (Å²) >= 11 is 0. The highest BCUT2D eigenvalue weighted by Crippen LogP contribution is 2.21. The van der Waals surface area contributed by atoms with Crippen LogP contribution in [0.3, 0.4) is 0 Å². The smallest absolute Gasteiger partial charge is 0.0902 e. The summed E-state index contributed by atoms with van der Waals surface area (Å²) in [4.78, 5) is 4.02. The molecule has 1 unspecified atom stereocenters. The Morgan fingerprint density at radius 1 is 1.50 bits per heavy atom. The fourth-order valence-corrected chi connectivity index (χ4v) is 1.54. The summed E-state index contributed by atoms with van der Waals surface area (Å²) < 4.78 is 1.72. The van der Waals surface area contributed by atoms with Gasteiger partial charge in [0.1, 0.15) is 0 Å². The Kier molecular flexibility index (Phi) is 2.45. The maximum absolute atomic E-state index is 9.83. The van der Waals surface area contributed by atoms with Crippen molar-refractivity contribution in [1.82, 2.24) is 14.6 Å². The van der Waals surface area contributed by atoms with Crippen molar-refractivity contribution in [2.24, 2.45) is 0 Å². The number of hydrogen-bond donors (Lipinski definition) is 1. The molecule has 0 aromatic carbocycles. The van der Waals surface area contributed by atoms with Gasteiger partial charge in [-0.3, -0.25) is 4.98 Å². The van der Waals surface area contributed by atoms with Gasteiger partial charge < -0.3 is 5.11 Å². The first kappa shape index (κ1) is 9.15. The minimum atomic E-state index is -0.429. The summed E-state index contributed by atoms with van der Waals surface area (Å²) in [6.07, 6.45) is 8.17. The van der Waals surface area contributed by atoms with E-state index in [-0.39, 0.29) is 0 Å². The van der Waals surface area contributed by atoms with Gasteiger partial charge in [0, 0.05) is 18.0 Å². The molecule has 1 N–H and O–H groups in total. The molecule has 74 valence electrons. The standard InChI is InChI=1S/C10H13N3O/c1-2-3-10(14)8-6-12-13-5-4-11-7-9(8)13/h4-7,10,14H,2-3H2,1H3. The molecular formula is C10H13N3O. The largest absolute Gasteiger partial charge is 0.388 e. The molecular weight excluding hydrogens is 178 g/mol. The summed E-state index contributed by atoms with van der Waals surface area (Å²) in [7, 11) is 0. The number of hydrogen-bond acceptors (Lipinski definition) is 3. The minimum absolute atomic E-state index is 0.429. The van der Waals surface area contributed by atoms with E-state index in [1.165, 1.54) is 0 Å². The topological polar surface area (TPSA) is 50.4 Å². The minimum Gasteiger partial charge on any atom is -0.388 e. The van der Waals surface area contributed by atoms with E-state index in [2.05, 4.69) is 10.1 Å². The third kappa shape index (κ3) is 1.48. The van der Waals surface area contributed by atoms with E-state index in [9.17, 15) is 5.11 Å². The third-order valence-electron chi connectivity index (χ3n) is 2.28. The molecule has 4 heteroatoms. The summed E-state index contributed by atoms with van der Waals surface area (Å²) in [5.74, 6) is 0. The second kappa shape index (κ2) is 3.75. The predicted octanol–water partition coefficient (Wildman–Crippen LogP) is 1.56. The Bertz CT molecular complexity index is 424. The lowest BCUT2D eigenvalue weighted by Crippen LogP contribution is -1.96. The number of aliphatic hydroxyl groups excluding tert-OH is 1. The van der Waals surface area contributed by atoms with Crippen LogP contribution in [-0.2, 0) is 0 Å². The Labute approximate surface area is 82.2 Å². The first-order valence-corrected chi connectivity index (χ1v) is 4.78. The van der Waals surface area contributed by atoms with Crippen LogP contribution in [0.15, 0.2) is 24.8 Å². The SMILES string of the molecule is CCCC(O)c1cnn2ccncc12. The van der Waals surface area contributed by atoms with Gasteiger partial charge in [-0.1, -0.05) is 13.3 Å². The predicted molar refractivity (Wildman–Crippen MR) is 52.9 cm³/mol. The van der Waals surface area contributed by atoms with E-state index < -0.39 is 6.10 Å². The lowest BCUT2D eigenvalue weighted by Gasteiger charge is -2.06. The molecule has 0 fully saturated rings. The van der Waals surface area contributed by atoms with Gasteiger partial charge in [0.05, 0.1) is 24.0 Å². The normalized spacial score (nSPS) is 13.3. The van der Waals surface area contributed by atoms with Crippen LogP contribution in [0.5, 0.6) is 0 Å². The Hall–Kier alpha value is -1.42. The van der Waals surface area contributed by atoms with E-state index in [0.717, 1.165) is 23.9 Å². The van der Waals surface area contributed by atoms with Gasteiger partial charge in [-0.2, -0.15) is 5.10 Å². The number of aliphatic hydroxyl groups is 1. The molecule has 0 radical (unpaired) electrons. The van der Waals surface area contributed by atoms with E-state index in [1.807, 2.05) is 6.92 Å². The molecule has 1 atom stereocenters. The van der Waals surface area contributed by atoms with Gasteiger partial charge in [0.2, 0.25) is 0 Å². The van der Waals surface area contributed by atoms with Crippen molar-refractivity contribution in [2.45, 2.75) is 25.9 Å². The molecule has 14 heavy (non-hydrogen) atoms. The van der Waals surface area contributed by atoms with E-state index in [1.54, 1.807) is 29.3 Å². The number of nitrogens with zero attached hydrogens (tertiary/aromatic N) is 3. The summed E-state index contributed by atoms with van der Waals surface area (Å²) in [6, 6.07) is 0. The van der Waals surface area contributed by atoms with Crippen LogP contribution in [0.4, 0.5) is 0 Å². The molecule has 2 aromatic heterocycles. The van der Waals surface area contributed by atoms with Crippen molar-refractivity contribution < 1.29 is 5.11 Å². The summed E-state index contributed by atoms with van der Waals surface area (Å²) in [5.41, 5.74) is 1.74. The monoisotopic (exact) mass is 191 g/mol. The first-order chi connectivity index (χ1) is 6.83. The molecule has 2 heterocycles. The van der Waals surface area contributed by atoms with Gasteiger partial charge >= 0.3 is 0 Å². The van der Waals surface area contributed by atoms with Crippen molar-refractivity contribution >= 4 is 5.52 Å². The Morgan fingerprint density at radius 3 is 3.14 bits per heavy atom. The van der Waals surface area contributed by atoms with Gasteiger partial charge in [0.15, 0.2) is 0 Å². The van der Waals surface area contributed by atoms with Crippen LogP contribution in [0.2, 0.25) is 0 Å². The zero-order valence-electron chi connectivity index (χ0n) is 8.09. The lowest BCUT2D eigenvalue weighted by molar-refractivity contribution is 0.168. The van der Waals surface area contributed by atoms with E-state index in [4.69, 9.17) is 0 Å². The fourth-order valence-electron chi connectivity index (χ4n) is 1.54. The molecule has 0 aliphatic carbocycles. The van der Waals surface area contributed by atoms with Crippen molar-refractivity contribution in [3.63, 3.8) is 0 Å². The summed E-state index contributed by atoms with van der Waals surface area (Å²) in [6.45, 7) is 2.05. The van der Waals surface area contributed by atoms with Crippen LogP contribution in [0, 0.1) is 0 Å². The number of fused-ring (bicyclic) bond motifs is 1. The van der Waals surface area contributed by atoms with Gasteiger partial charge in [0.25, 0.3) is 0 Å². The van der Waals surface area contributed by atoms with Crippen LogP contribution in [0.25, 0.3) is 5.52 Å². The molecule has 0 aliphatic rings. The van der Waals surface area contributed by atoms with Gasteiger partial charge in [-0.05, 0) is 6.42 Å². The quantitative estimate of drug-likeness (QED) is 0.801. The Morgan fingerprint density at radius 2 is 2.36 bits per heavy atom. The van der Waals surface area contributed by atoms with Crippen molar-refractivity contribution in [2.75, 3.05) is 0 Å². The second-order valence-corrected chi connectivity index (χ2v) is 3.31. The zero-order valence-corrected chi connectivity index (χ0v) is 8.09. The highest BCUT2D eigenvalue weighted by Gasteiger charge is 2.12. The van der Waals surface area contributed by atoms with E-state index in [0.29, 0.717) is 0 Å². The molecule has 0 bridgehead atoms.